The summed E-state index contributed by atoms with van der Waals surface area (Å²) in [6.07, 6.45) is 1.23. The highest BCUT2D eigenvalue weighted by Crippen LogP contribution is 2.25. The standard InChI is InChI=1S/C13H18N2O2/c1-5-13(16)14-11-8-10(9-15(2)3)6-7-12(11)17-4/h5-8H,1,9H2,2-4H3,(H,14,16). The Morgan fingerprint density at radius 3 is 2.76 bits per heavy atom. The molecule has 1 aromatic rings. The maximum Gasteiger partial charge on any atom is 0.247 e. The van der Waals surface area contributed by atoms with Gasteiger partial charge in [-0.15, -0.1) is 0 Å². The van der Waals surface area contributed by atoms with Crippen molar-refractivity contribution in [2.75, 3.05) is 26.5 Å². The van der Waals surface area contributed by atoms with Gasteiger partial charge in [0.25, 0.3) is 0 Å². The fourth-order valence-corrected chi connectivity index (χ4v) is 1.50. The summed E-state index contributed by atoms with van der Waals surface area (Å²) in [5.74, 6) is 0.396. The summed E-state index contributed by atoms with van der Waals surface area (Å²) in [7, 11) is 5.56. The first-order chi connectivity index (χ1) is 8.06. The van der Waals surface area contributed by atoms with Gasteiger partial charge in [-0.1, -0.05) is 12.6 Å². The summed E-state index contributed by atoms with van der Waals surface area (Å²) in [6, 6.07) is 5.72. The van der Waals surface area contributed by atoms with Crippen LogP contribution in [0.3, 0.4) is 0 Å². The zero-order valence-corrected chi connectivity index (χ0v) is 10.5. The molecule has 4 heteroatoms. The number of anilines is 1. The molecule has 0 aliphatic rings. The number of hydrogen-bond donors (Lipinski definition) is 1. The molecule has 1 amide bonds. The normalized spacial score (nSPS) is 10.1. The van der Waals surface area contributed by atoms with Crippen LogP contribution in [-0.4, -0.2) is 32.0 Å². The zero-order chi connectivity index (χ0) is 12.8. The van der Waals surface area contributed by atoms with Crippen LogP contribution in [0.2, 0.25) is 0 Å². The van der Waals surface area contributed by atoms with Gasteiger partial charge in [-0.2, -0.15) is 0 Å². The van der Waals surface area contributed by atoms with E-state index in [-0.39, 0.29) is 5.91 Å². The van der Waals surface area contributed by atoms with E-state index in [1.165, 1.54) is 6.08 Å². The molecule has 17 heavy (non-hydrogen) atoms. The van der Waals surface area contributed by atoms with Gasteiger partial charge in [0.15, 0.2) is 0 Å². The van der Waals surface area contributed by atoms with Crippen molar-refractivity contribution in [1.29, 1.82) is 0 Å². The van der Waals surface area contributed by atoms with Crippen LogP contribution in [0.5, 0.6) is 5.75 Å². The zero-order valence-electron chi connectivity index (χ0n) is 10.5. The van der Waals surface area contributed by atoms with Gasteiger partial charge in [0.05, 0.1) is 12.8 Å². The molecule has 0 aromatic heterocycles. The number of benzene rings is 1. The van der Waals surface area contributed by atoms with Crippen LogP contribution in [-0.2, 0) is 11.3 Å². The Hall–Kier alpha value is -1.81. The van der Waals surface area contributed by atoms with E-state index in [1.54, 1.807) is 7.11 Å². The van der Waals surface area contributed by atoms with Crippen LogP contribution in [0.4, 0.5) is 5.69 Å². The third-order valence-corrected chi connectivity index (χ3v) is 2.21. The van der Waals surface area contributed by atoms with Crippen LogP contribution >= 0.6 is 0 Å². The van der Waals surface area contributed by atoms with Gasteiger partial charge in [0.2, 0.25) is 5.91 Å². The number of ether oxygens (including phenoxy) is 1. The van der Waals surface area contributed by atoms with Crippen LogP contribution in [0, 0.1) is 0 Å². The van der Waals surface area contributed by atoms with Crippen molar-refractivity contribution in [1.82, 2.24) is 4.90 Å². The van der Waals surface area contributed by atoms with Gasteiger partial charge >= 0.3 is 0 Å². The maximum absolute atomic E-state index is 11.3. The Kier molecular flexibility index (Phi) is 4.72. The Balaban J connectivity index is 2.97. The molecule has 92 valence electrons. The summed E-state index contributed by atoms with van der Waals surface area (Å²) in [4.78, 5) is 13.3. The molecule has 4 nitrogen and oxygen atoms in total. The molecule has 1 rings (SSSR count). The number of rotatable bonds is 5. The predicted molar refractivity (Wildman–Crippen MR) is 69.2 cm³/mol. The highest BCUT2D eigenvalue weighted by Gasteiger charge is 2.07. The van der Waals surface area contributed by atoms with E-state index in [0.29, 0.717) is 11.4 Å². The summed E-state index contributed by atoms with van der Waals surface area (Å²) in [5.41, 5.74) is 1.77. The molecule has 0 aliphatic heterocycles. The predicted octanol–water partition coefficient (Wildman–Crippen LogP) is 1.88. The molecule has 1 aromatic carbocycles. The van der Waals surface area contributed by atoms with Gasteiger partial charge in [-0.3, -0.25) is 4.79 Å². The van der Waals surface area contributed by atoms with Gasteiger partial charge in [-0.25, -0.2) is 0 Å². The lowest BCUT2D eigenvalue weighted by Crippen LogP contribution is -2.12. The quantitative estimate of drug-likeness (QED) is 0.791. The lowest BCUT2D eigenvalue weighted by atomic mass is 10.1. The van der Waals surface area contributed by atoms with Crippen LogP contribution < -0.4 is 10.1 Å². The minimum absolute atomic E-state index is 0.245. The van der Waals surface area contributed by atoms with Crippen molar-refractivity contribution in [2.45, 2.75) is 6.54 Å². The molecule has 0 saturated carbocycles. The highest BCUT2D eigenvalue weighted by molar-refractivity contribution is 5.99. The largest absolute Gasteiger partial charge is 0.495 e. The lowest BCUT2D eigenvalue weighted by molar-refractivity contribution is -0.111. The molecule has 1 N–H and O–H groups in total. The lowest BCUT2D eigenvalue weighted by Gasteiger charge is -2.13. The van der Waals surface area contributed by atoms with E-state index in [0.717, 1.165) is 12.1 Å². The van der Waals surface area contributed by atoms with Crippen molar-refractivity contribution in [2.24, 2.45) is 0 Å². The van der Waals surface area contributed by atoms with Gasteiger partial charge in [0, 0.05) is 6.54 Å². The fourth-order valence-electron chi connectivity index (χ4n) is 1.50. The number of carbonyl (C=O) groups excluding carboxylic acids is 1. The second-order valence-corrected chi connectivity index (χ2v) is 3.97. The van der Waals surface area contributed by atoms with Crippen molar-refractivity contribution >= 4 is 11.6 Å². The first kappa shape index (κ1) is 13.3. The number of hydrogen-bond acceptors (Lipinski definition) is 3. The van der Waals surface area contributed by atoms with E-state index >= 15 is 0 Å². The number of nitrogens with zero attached hydrogens (tertiary/aromatic N) is 1. The van der Waals surface area contributed by atoms with Crippen molar-refractivity contribution in [3.63, 3.8) is 0 Å². The van der Waals surface area contributed by atoms with E-state index in [1.807, 2.05) is 32.3 Å². The Bertz CT molecular complexity index is 414. The van der Waals surface area contributed by atoms with Crippen LogP contribution in [0.1, 0.15) is 5.56 Å². The second kappa shape index (κ2) is 6.06. The molecule has 0 radical (unpaired) electrons. The third-order valence-electron chi connectivity index (χ3n) is 2.21. The van der Waals surface area contributed by atoms with E-state index < -0.39 is 0 Å². The Morgan fingerprint density at radius 1 is 1.53 bits per heavy atom. The summed E-state index contributed by atoms with van der Waals surface area (Å²) in [6.45, 7) is 4.23. The van der Waals surface area contributed by atoms with Crippen molar-refractivity contribution in [3.05, 3.63) is 36.4 Å². The average Bonchev–Trinajstić information content (AvgIpc) is 2.28. The molecule has 0 unspecified atom stereocenters. The number of nitrogens with one attached hydrogen (secondary N) is 1. The molecular weight excluding hydrogens is 216 g/mol. The summed E-state index contributed by atoms with van der Waals surface area (Å²) in [5, 5.41) is 2.72. The number of amides is 1. The topological polar surface area (TPSA) is 41.6 Å². The van der Waals surface area contributed by atoms with E-state index in [9.17, 15) is 4.79 Å². The monoisotopic (exact) mass is 234 g/mol. The smallest absolute Gasteiger partial charge is 0.247 e. The molecule has 0 fully saturated rings. The van der Waals surface area contributed by atoms with Gasteiger partial charge in [0.1, 0.15) is 5.75 Å². The first-order valence-corrected chi connectivity index (χ1v) is 5.32. The van der Waals surface area contributed by atoms with Crippen molar-refractivity contribution < 1.29 is 9.53 Å². The molecular formula is C13H18N2O2. The Labute approximate surface area is 102 Å². The third kappa shape index (κ3) is 3.92. The minimum Gasteiger partial charge on any atom is -0.495 e. The van der Waals surface area contributed by atoms with Crippen LogP contribution in [0.15, 0.2) is 30.9 Å². The fraction of sp³-hybridized carbons (Fsp3) is 0.308. The minimum atomic E-state index is -0.245. The van der Waals surface area contributed by atoms with Crippen molar-refractivity contribution in [3.8, 4) is 5.75 Å². The number of carbonyl (C=O) groups is 1. The SMILES string of the molecule is C=CC(=O)Nc1cc(CN(C)C)ccc1OC. The molecule has 0 spiro atoms. The molecule has 0 bridgehead atoms. The van der Waals surface area contributed by atoms with E-state index in [4.69, 9.17) is 4.74 Å². The Morgan fingerprint density at radius 2 is 2.24 bits per heavy atom. The average molecular weight is 234 g/mol. The molecule has 0 atom stereocenters. The van der Waals surface area contributed by atoms with Gasteiger partial charge < -0.3 is 15.0 Å². The highest BCUT2D eigenvalue weighted by atomic mass is 16.5. The van der Waals surface area contributed by atoms with Gasteiger partial charge in [-0.05, 0) is 37.9 Å². The molecule has 0 saturated heterocycles. The van der Waals surface area contributed by atoms with Crippen LogP contribution in [0.25, 0.3) is 0 Å². The second-order valence-electron chi connectivity index (χ2n) is 3.97. The number of methoxy groups -OCH3 is 1. The maximum atomic E-state index is 11.3. The summed E-state index contributed by atoms with van der Waals surface area (Å²) >= 11 is 0. The van der Waals surface area contributed by atoms with E-state index in [2.05, 4.69) is 16.8 Å². The molecule has 0 aliphatic carbocycles. The molecule has 0 heterocycles. The first-order valence-electron chi connectivity index (χ1n) is 5.32. The summed E-state index contributed by atoms with van der Waals surface area (Å²) < 4.78 is 5.19.